The molecule has 0 bridgehead atoms. The minimum Gasteiger partial charge on any atom is -0.494 e. The summed E-state index contributed by atoms with van der Waals surface area (Å²) in [7, 11) is 0. The van der Waals surface area contributed by atoms with Gasteiger partial charge in [-0.05, 0) is 62.2 Å². The Kier molecular flexibility index (Phi) is 9.83. The Morgan fingerprint density at radius 1 is 0.681 bits per heavy atom. The highest BCUT2D eigenvalue weighted by molar-refractivity contribution is 5.49. The molecule has 0 saturated carbocycles. The minimum atomic E-state index is -0.816. The molecule has 2 heterocycles. The second kappa shape index (κ2) is 14.1. The number of benzene rings is 3. The summed E-state index contributed by atoms with van der Waals surface area (Å²) in [6, 6.07) is 18.5. The number of nitrogens with zero attached hydrogens (tertiary/aromatic N) is 4. The van der Waals surface area contributed by atoms with Crippen molar-refractivity contribution in [2.75, 3.05) is 6.61 Å². The van der Waals surface area contributed by atoms with Gasteiger partial charge >= 0.3 is 0 Å². The largest absolute Gasteiger partial charge is 0.494 e. The van der Waals surface area contributed by atoms with Crippen molar-refractivity contribution >= 4 is 11.4 Å². The number of H-pyrrole nitrogens is 2. The molecule has 5 rings (SSSR count). The lowest BCUT2D eigenvalue weighted by molar-refractivity contribution is -0.385. The molecular formula is C34H36N6O7. The topological polar surface area (TPSA) is 171 Å². The van der Waals surface area contributed by atoms with Gasteiger partial charge in [0.15, 0.2) is 0 Å². The summed E-state index contributed by atoms with van der Waals surface area (Å²) < 4.78 is 8.56. The Bertz CT molecular complexity index is 1870. The van der Waals surface area contributed by atoms with Crippen molar-refractivity contribution in [1.82, 2.24) is 19.6 Å². The van der Waals surface area contributed by atoms with Crippen molar-refractivity contribution in [2.24, 2.45) is 0 Å². The van der Waals surface area contributed by atoms with Crippen LogP contribution in [0.5, 0.6) is 5.75 Å². The van der Waals surface area contributed by atoms with Crippen molar-refractivity contribution in [2.45, 2.75) is 58.8 Å². The number of aromatic amines is 2. The number of nitrogens with one attached hydrogen (secondary N) is 2. The number of aryl methyl sites for hydroxylation is 2. The Balaban J connectivity index is 1.58. The van der Waals surface area contributed by atoms with Gasteiger partial charge in [0.05, 0.1) is 39.0 Å². The van der Waals surface area contributed by atoms with Crippen LogP contribution in [0.2, 0.25) is 0 Å². The van der Waals surface area contributed by atoms with E-state index in [9.17, 15) is 29.8 Å². The molecule has 0 unspecified atom stereocenters. The third kappa shape index (κ3) is 6.93. The molecule has 0 fully saturated rings. The van der Waals surface area contributed by atoms with Crippen LogP contribution in [0.25, 0.3) is 11.4 Å². The smallest absolute Gasteiger partial charge is 0.275 e. The highest BCUT2D eigenvalue weighted by atomic mass is 16.6. The zero-order chi connectivity index (χ0) is 33.7. The number of nitro groups is 2. The number of aromatic nitrogens is 4. The van der Waals surface area contributed by atoms with Gasteiger partial charge in [-0.3, -0.25) is 40.0 Å². The molecule has 13 nitrogen and oxygen atoms in total. The van der Waals surface area contributed by atoms with E-state index in [0.717, 1.165) is 12.8 Å². The normalized spacial score (nSPS) is 11.2. The Labute approximate surface area is 269 Å². The van der Waals surface area contributed by atoms with Crippen LogP contribution in [0, 0.1) is 34.1 Å². The molecule has 3 aromatic carbocycles. The number of hydrogen-bond acceptors (Lipinski definition) is 7. The third-order valence-electron chi connectivity index (χ3n) is 8.18. The number of non-ortho nitro benzene ring substituents is 2. The fraction of sp³-hybridized carbons (Fsp3) is 0.294. The molecule has 0 saturated heterocycles. The maximum absolute atomic E-state index is 14.1. The summed E-state index contributed by atoms with van der Waals surface area (Å²) in [5.41, 5.74) is 2.06. The first kappa shape index (κ1) is 32.7. The Morgan fingerprint density at radius 3 is 1.55 bits per heavy atom. The van der Waals surface area contributed by atoms with Crippen molar-refractivity contribution in [3.8, 4) is 17.1 Å². The molecule has 5 aromatic rings. The van der Waals surface area contributed by atoms with Crippen molar-refractivity contribution in [3.05, 3.63) is 142 Å². The molecule has 0 aliphatic rings. The van der Waals surface area contributed by atoms with E-state index in [1.165, 1.54) is 77.2 Å². The van der Waals surface area contributed by atoms with Crippen LogP contribution in [0.15, 0.2) is 82.4 Å². The lowest BCUT2D eigenvalue weighted by Crippen LogP contribution is -2.25. The van der Waals surface area contributed by atoms with E-state index in [1.54, 1.807) is 13.8 Å². The van der Waals surface area contributed by atoms with Crippen LogP contribution in [-0.4, -0.2) is 36.0 Å². The molecule has 2 N–H and O–H groups in total. The number of hydrogen-bond donors (Lipinski definition) is 2. The van der Waals surface area contributed by atoms with E-state index in [1.807, 2.05) is 24.3 Å². The predicted molar refractivity (Wildman–Crippen MR) is 177 cm³/mol. The quantitative estimate of drug-likeness (QED) is 0.0781. The summed E-state index contributed by atoms with van der Waals surface area (Å²) in [5, 5.41) is 28.5. The van der Waals surface area contributed by atoms with Gasteiger partial charge in [0, 0.05) is 41.6 Å². The van der Waals surface area contributed by atoms with Gasteiger partial charge in [0.25, 0.3) is 22.5 Å². The van der Waals surface area contributed by atoms with Crippen LogP contribution in [0.3, 0.4) is 0 Å². The van der Waals surface area contributed by atoms with Crippen molar-refractivity contribution < 1.29 is 14.6 Å². The monoisotopic (exact) mass is 640 g/mol. The van der Waals surface area contributed by atoms with E-state index in [-0.39, 0.29) is 11.4 Å². The molecule has 0 radical (unpaired) electrons. The van der Waals surface area contributed by atoms with E-state index in [2.05, 4.69) is 17.1 Å². The molecule has 2 aromatic heterocycles. The predicted octanol–water partition coefficient (Wildman–Crippen LogP) is 6.61. The van der Waals surface area contributed by atoms with Crippen molar-refractivity contribution in [3.63, 3.8) is 0 Å². The summed E-state index contributed by atoms with van der Waals surface area (Å²) in [6.45, 7) is 6.22. The van der Waals surface area contributed by atoms with Gasteiger partial charge in [-0.25, -0.2) is 9.36 Å². The number of ether oxygens (including phenoxy) is 1. The summed E-state index contributed by atoms with van der Waals surface area (Å²) >= 11 is 0. The zero-order valence-electron chi connectivity index (χ0n) is 26.4. The first-order chi connectivity index (χ1) is 22.6. The van der Waals surface area contributed by atoms with Gasteiger partial charge in [-0.15, -0.1) is 0 Å². The first-order valence-corrected chi connectivity index (χ1v) is 15.5. The average Bonchev–Trinajstić information content (AvgIpc) is 3.53. The minimum absolute atomic E-state index is 0.110. The second-order valence-corrected chi connectivity index (χ2v) is 11.4. The molecule has 0 spiro atoms. The second-order valence-electron chi connectivity index (χ2n) is 11.4. The van der Waals surface area contributed by atoms with Gasteiger partial charge in [0.2, 0.25) is 0 Å². The van der Waals surface area contributed by atoms with Gasteiger partial charge in [-0.1, -0.05) is 44.7 Å². The fourth-order valence-electron chi connectivity index (χ4n) is 5.74. The van der Waals surface area contributed by atoms with E-state index in [4.69, 9.17) is 4.74 Å². The molecule has 47 heavy (non-hydrogen) atoms. The third-order valence-corrected chi connectivity index (χ3v) is 8.18. The standard InChI is InChI=1S/C34H36N6O7/c1-4-5-6-7-8-21-47-29-19-9-24(10-20-29)32(30-22(2)35-37(33(30)41)25-11-15-27(16-12-25)39(43)44)31-23(3)36-38(34(31)42)26-13-17-28(18-14-26)40(45)46/h9-20,32,35-36H,4-8,21H2,1-3H3. The zero-order valence-corrected chi connectivity index (χ0v) is 26.4. The van der Waals surface area contributed by atoms with Gasteiger partial charge in [-0.2, -0.15) is 0 Å². The summed E-state index contributed by atoms with van der Waals surface area (Å²) in [5.74, 6) is -0.143. The molecule has 0 aliphatic heterocycles. The lowest BCUT2D eigenvalue weighted by atomic mass is 9.85. The molecular weight excluding hydrogens is 604 g/mol. The number of rotatable bonds is 14. The maximum Gasteiger partial charge on any atom is 0.275 e. The van der Waals surface area contributed by atoms with Crippen LogP contribution in [0.1, 0.15) is 73.0 Å². The summed E-state index contributed by atoms with van der Waals surface area (Å²) in [4.78, 5) is 49.5. The molecule has 0 aliphatic carbocycles. The lowest BCUT2D eigenvalue weighted by Gasteiger charge is -2.16. The number of nitro benzene ring substituents is 2. The van der Waals surface area contributed by atoms with Crippen LogP contribution < -0.4 is 15.9 Å². The molecule has 244 valence electrons. The van der Waals surface area contributed by atoms with E-state index in [0.29, 0.717) is 51.8 Å². The fourth-order valence-corrected chi connectivity index (χ4v) is 5.74. The van der Waals surface area contributed by atoms with Gasteiger partial charge in [0.1, 0.15) is 5.75 Å². The van der Waals surface area contributed by atoms with Crippen LogP contribution in [-0.2, 0) is 0 Å². The van der Waals surface area contributed by atoms with Crippen LogP contribution >= 0.6 is 0 Å². The van der Waals surface area contributed by atoms with E-state index < -0.39 is 26.9 Å². The molecule has 0 amide bonds. The molecule has 0 atom stereocenters. The Morgan fingerprint density at radius 2 is 1.13 bits per heavy atom. The van der Waals surface area contributed by atoms with Crippen LogP contribution in [0.4, 0.5) is 11.4 Å². The SMILES string of the molecule is CCCCCCCOc1ccc(C(c2c(C)[nH]n(-c3ccc([N+](=O)[O-])cc3)c2=O)c2c(C)[nH]n(-c3ccc([N+](=O)[O-])cc3)c2=O)cc1. The van der Waals surface area contributed by atoms with Gasteiger partial charge < -0.3 is 4.74 Å². The average molecular weight is 641 g/mol. The summed E-state index contributed by atoms with van der Waals surface area (Å²) in [6.07, 6.45) is 5.57. The maximum atomic E-state index is 14.1. The first-order valence-electron chi connectivity index (χ1n) is 15.5. The highest BCUT2D eigenvalue weighted by Crippen LogP contribution is 2.33. The van der Waals surface area contributed by atoms with Crippen molar-refractivity contribution in [1.29, 1.82) is 0 Å². The number of unbranched alkanes of at least 4 members (excludes halogenated alkanes) is 4. The molecule has 13 heteroatoms. The Hall–Kier alpha value is -5.72. The van der Waals surface area contributed by atoms with E-state index >= 15 is 0 Å². The highest BCUT2D eigenvalue weighted by Gasteiger charge is 2.31.